The van der Waals surface area contributed by atoms with Crippen LogP contribution in [0.15, 0.2) is 4.42 Å². The fraction of sp³-hybridized carbons (Fsp3) is 0.600. The zero-order valence-electron chi connectivity index (χ0n) is 8.62. The molecule has 2 rings (SSSR count). The van der Waals surface area contributed by atoms with E-state index in [1.807, 2.05) is 6.92 Å². The molecule has 0 bridgehead atoms. The number of carbonyl (C=O) groups is 1. The molecule has 15 heavy (non-hydrogen) atoms. The van der Waals surface area contributed by atoms with Gasteiger partial charge in [0.1, 0.15) is 5.69 Å². The second kappa shape index (κ2) is 4.02. The van der Waals surface area contributed by atoms with Crippen molar-refractivity contribution in [3.63, 3.8) is 0 Å². The number of nitrogens with one attached hydrogen (secondary N) is 1. The number of aromatic nitrogens is 1. The fourth-order valence-corrected chi connectivity index (χ4v) is 1.84. The summed E-state index contributed by atoms with van der Waals surface area (Å²) in [7, 11) is 0. The van der Waals surface area contributed by atoms with Gasteiger partial charge in [-0.2, -0.15) is 0 Å². The fourth-order valence-electron chi connectivity index (χ4n) is 1.84. The van der Waals surface area contributed by atoms with Crippen molar-refractivity contribution in [2.75, 3.05) is 6.54 Å². The Labute approximate surface area is 87.5 Å². The van der Waals surface area contributed by atoms with Crippen LogP contribution in [0.1, 0.15) is 47.9 Å². The summed E-state index contributed by atoms with van der Waals surface area (Å²) in [6.45, 7) is 2.81. The summed E-state index contributed by atoms with van der Waals surface area (Å²) in [5.41, 5.74) is 0.553. The second-order valence-corrected chi connectivity index (χ2v) is 3.63. The molecule has 5 nitrogen and oxygen atoms in total. The highest BCUT2D eigenvalue weighted by Crippen LogP contribution is 2.26. The van der Waals surface area contributed by atoms with Crippen molar-refractivity contribution in [3.05, 3.63) is 17.3 Å². The zero-order chi connectivity index (χ0) is 10.8. The number of rotatable bonds is 3. The molecule has 0 saturated carbocycles. The quantitative estimate of drug-likeness (QED) is 0.787. The maximum atomic E-state index is 10.9. The van der Waals surface area contributed by atoms with Gasteiger partial charge in [-0.25, -0.2) is 9.78 Å². The van der Waals surface area contributed by atoms with E-state index >= 15 is 0 Å². The van der Waals surface area contributed by atoms with Gasteiger partial charge < -0.3 is 14.8 Å². The van der Waals surface area contributed by atoms with Crippen LogP contribution in [0.3, 0.4) is 0 Å². The van der Waals surface area contributed by atoms with Gasteiger partial charge in [0.15, 0.2) is 5.89 Å². The Morgan fingerprint density at radius 2 is 2.53 bits per heavy atom. The number of carboxylic acid groups (broad SMARTS) is 1. The van der Waals surface area contributed by atoms with Crippen molar-refractivity contribution in [2.45, 2.75) is 32.2 Å². The predicted octanol–water partition coefficient (Wildman–Crippen LogP) is 1.36. The molecule has 1 aliphatic rings. The van der Waals surface area contributed by atoms with E-state index in [2.05, 4.69) is 10.3 Å². The average Bonchev–Trinajstić information content (AvgIpc) is 2.86. The third-order valence-electron chi connectivity index (χ3n) is 2.58. The first-order valence-corrected chi connectivity index (χ1v) is 5.18. The minimum Gasteiger partial charge on any atom is -0.475 e. The molecule has 0 aliphatic carbocycles. The number of oxazole rings is 1. The first-order valence-electron chi connectivity index (χ1n) is 5.18. The van der Waals surface area contributed by atoms with Crippen molar-refractivity contribution in [1.82, 2.24) is 10.3 Å². The monoisotopic (exact) mass is 210 g/mol. The highest BCUT2D eigenvalue weighted by Gasteiger charge is 2.27. The summed E-state index contributed by atoms with van der Waals surface area (Å²) in [6, 6.07) is 0.0418. The van der Waals surface area contributed by atoms with Crippen molar-refractivity contribution < 1.29 is 14.3 Å². The Morgan fingerprint density at radius 1 is 1.73 bits per heavy atom. The molecular formula is C10H14N2O3. The smallest absolute Gasteiger partial charge is 0.373 e. The molecule has 0 spiro atoms. The van der Waals surface area contributed by atoms with Crippen LogP contribution >= 0.6 is 0 Å². The number of aryl methyl sites for hydroxylation is 1. The van der Waals surface area contributed by atoms with Crippen molar-refractivity contribution in [1.29, 1.82) is 0 Å². The normalized spacial score (nSPS) is 20.7. The summed E-state index contributed by atoms with van der Waals surface area (Å²) in [4.78, 5) is 15.2. The van der Waals surface area contributed by atoms with Crippen molar-refractivity contribution >= 4 is 5.97 Å². The zero-order valence-corrected chi connectivity index (χ0v) is 8.62. The lowest BCUT2D eigenvalue weighted by Gasteiger charge is -2.05. The van der Waals surface area contributed by atoms with Gasteiger partial charge in [0, 0.05) is 6.42 Å². The topological polar surface area (TPSA) is 75.4 Å². The minimum atomic E-state index is -1.04. The molecule has 0 aromatic carbocycles. The van der Waals surface area contributed by atoms with Crippen LogP contribution in [-0.4, -0.2) is 22.6 Å². The van der Waals surface area contributed by atoms with Crippen LogP contribution in [0, 0.1) is 0 Å². The number of aromatic carboxylic acids is 1. The predicted molar refractivity (Wildman–Crippen MR) is 52.8 cm³/mol. The molecule has 1 aliphatic heterocycles. The Kier molecular flexibility index (Phi) is 2.73. The van der Waals surface area contributed by atoms with Crippen molar-refractivity contribution in [3.8, 4) is 0 Å². The molecule has 5 heteroatoms. The van der Waals surface area contributed by atoms with Gasteiger partial charge in [0.05, 0.1) is 6.04 Å². The van der Waals surface area contributed by atoms with Gasteiger partial charge in [-0.1, -0.05) is 6.92 Å². The lowest BCUT2D eigenvalue weighted by atomic mass is 10.1. The van der Waals surface area contributed by atoms with Crippen LogP contribution < -0.4 is 5.32 Å². The molecule has 0 radical (unpaired) electrons. The lowest BCUT2D eigenvalue weighted by Crippen LogP contribution is -2.16. The van der Waals surface area contributed by atoms with E-state index in [0.717, 1.165) is 19.4 Å². The van der Waals surface area contributed by atoms with E-state index < -0.39 is 5.97 Å². The maximum Gasteiger partial charge on any atom is 0.373 e. The summed E-state index contributed by atoms with van der Waals surface area (Å²) in [6.07, 6.45) is 2.60. The van der Waals surface area contributed by atoms with Crippen molar-refractivity contribution in [2.24, 2.45) is 0 Å². The highest BCUT2D eigenvalue weighted by atomic mass is 16.4. The van der Waals surface area contributed by atoms with E-state index in [0.29, 0.717) is 18.0 Å². The van der Waals surface area contributed by atoms with E-state index in [-0.39, 0.29) is 11.8 Å². The van der Waals surface area contributed by atoms with Crippen LogP contribution in [0.5, 0.6) is 0 Å². The third-order valence-corrected chi connectivity index (χ3v) is 2.58. The third kappa shape index (κ3) is 1.87. The Hall–Kier alpha value is -1.36. The molecule has 82 valence electrons. The number of hydrogen-bond acceptors (Lipinski definition) is 4. The molecule has 1 fully saturated rings. The Bertz CT molecular complexity index is 367. The molecule has 1 aromatic rings. The van der Waals surface area contributed by atoms with Crippen LogP contribution in [0.4, 0.5) is 0 Å². The molecule has 1 aromatic heterocycles. The summed E-state index contributed by atoms with van der Waals surface area (Å²) in [5, 5.41) is 12.2. The molecule has 1 atom stereocenters. The van der Waals surface area contributed by atoms with Gasteiger partial charge >= 0.3 is 5.97 Å². The largest absolute Gasteiger partial charge is 0.475 e. The summed E-state index contributed by atoms with van der Waals surface area (Å²) in [5.74, 6) is -0.548. The van der Waals surface area contributed by atoms with E-state index in [4.69, 9.17) is 9.52 Å². The summed E-state index contributed by atoms with van der Waals surface area (Å²) < 4.78 is 5.19. The van der Waals surface area contributed by atoms with E-state index in [1.54, 1.807) is 0 Å². The first-order chi connectivity index (χ1) is 7.22. The second-order valence-electron chi connectivity index (χ2n) is 3.63. The number of carboxylic acids is 1. The molecule has 2 heterocycles. The van der Waals surface area contributed by atoms with Crippen LogP contribution in [-0.2, 0) is 6.42 Å². The van der Waals surface area contributed by atoms with Crippen LogP contribution in [0.2, 0.25) is 0 Å². The van der Waals surface area contributed by atoms with E-state index in [1.165, 1.54) is 0 Å². The van der Waals surface area contributed by atoms with Gasteiger partial charge in [-0.15, -0.1) is 0 Å². The highest BCUT2D eigenvalue weighted by molar-refractivity contribution is 5.85. The Morgan fingerprint density at radius 3 is 3.07 bits per heavy atom. The molecule has 1 saturated heterocycles. The number of nitrogens with zero attached hydrogens (tertiary/aromatic N) is 1. The average molecular weight is 210 g/mol. The lowest BCUT2D eigenvalue weighted by molar-refractivity contribution is 0.0658. The number of hydrogen-bond donors (Lipinski definition) is 2. The maximum absolute atomic E-state index is 10.9. The summed E-state index contributed by atoms with van der Waals surface area (Å²) >= 11 is 0. The SMILES string of the molecule is CCc1nc(C2CCCN2)c(C(=O)O)o1. The minimum absolute atomic E-state index is 0.00810. The molecule has 2 N–H and O–H groups in total. The first kappa shape index (κ1) is 10.2. The molecule has 0 amide bonds. The van der Waals surface area contributed by atoms with Gasteiger partial charge in [0.2, 0.25) is 5.76 Å². The van der Waals surface area contributed by atoms with Crippen LogP contribution in [0.25, 0.3) is 0 Å². The molecular weight excluding hydrogens is 196 g/mol. The van der Waals surface area contributed by atoms with Gasteiger partial charge in [-0.05, 0) is 19.4 Å². The Balaban J connectivity index is 2.34. The van der Waals surface area contributed by atoms with Gasteiger partial charge in [0.25, 0.3) is 0 Å². The standard InChI is InChI=1S/C10H14N2O3/c1-2-7-12-8(6-4-3-5-11-6)9(15-7)10(13)14/h6,11H,2-5H2,1H3,(H,13,14). The van der Waals surface area contributed by atoms with Gasteiger partial charge in [-0.3, -0.25) is 0 Å². The van der Waals surface area contributed by atoms with E-state index in [9.17, 15) is 4.79 Å². The molecule has 1 unspecified atom stereocenters.